The lowest BCUT2D eigenvalue weighted by atomic mass is 9.96. The van der Waals surface area contributed by atoms with Crippen LogP contribution in [0, 0.1) is 40.4 Å². The first-order chi connectivity index (χ1) is 45.6. The second-order valence-corrected chi connectivity index (χ2v) is 22.7. The number of aromatic nitrogens is 6. The molecule has 0 aliphatic carbocycles. The van der Waals surface area contributed by atoms with E-state index in [2.05, 4.69) is 6.07 Å². The van der Waals surface area contributed by atoms with Crippen LogP contribution in [0.2, 0.25) is 0 Å². The Bertz CT molecular complexity index is 5330. The Morgan fingerprint density at radius 1 is 0.280 bits per heavy atom. The molecular formula is C81H46F5N7. The van der Waals surface area contributed by atoms with E-state index in [4.69, 9.17) is 19.9 Å². The molecule has 7 nitrogen and oxygen atoms in total. The van der Waals surface area contributed by atoms with Gasteiger partial charge in [-0.05, 0) is 82.9 Å². The van der Waals surface area contributed by atoms with Crippen LogP contribution >= 0.6 is 0 Å². The molecule has 93 heavy (non-hydrogen) atoms. The fourth-order valence-electron chi connectivity index (χ4n) is 12.8. The normalized spacial score (nSPS) is 11.5. The fourth-order valence-corrected chi connectivity index (χ4v) is 12.8. The standard InChI is InChI=1S/C81H46F5N7/c82-76-75(77(83)79(85)80(86)78(76)84)64-33-38-70(92-71-39-52(56-25-34-66(88-44-56)48-13-5-1-6-14-48)21-29-60(71)61-30-22-53(40-72(61)92)57-26-35-67(89-45-57)49-15-7-2-8-16-49)65(43-87)81(64)93-73-41-54(58-27-36-68(90-46-58)50-17-9-3-10-18-50)23-31-62(73)63-32-24-55(42-74(63)93)59-28-37-69(91-47-59)51-19-11-4-12-20-51/h1-42,44-47H. The van der Waals surface area contributed by atoms with Crippen molar-refractivity contribution in [2.24, 2.45) is 0 Å². The number of fused-ring (bicyclic) bond motifs is 6. The largest absolute Gasteiger partial charge is 0.308 e. The molecule has 0 aliphatic heterocycles. The maximum Gasteiger partial charge on any atom is 0.200 e. The van der Waals surface area contributed by atoms with Gasteiger partial charge in [0.2, 0.25) is 5.82 Å². The fraction of sp³-hybridized carbons (Fsp3) is 0. The number of halogens is 5. The Labute approximate surface area is 529 Å². The van der Waals surface area contributed by atoms with Gasteiger partial charge in [0.05, 0.1) is 61.8 Å². The Morgan fingerprint density at radius 2 is 0.570 bits per heavy atom. The molecule has 0 saturated heterocycles. The van der Waals surface area contributed by atoms with Gasteiger partial charge >= 0.3 is 0 Å². The molecule has 0 radical (unpaired) electrons. The molecule has 0 bridgehead atoms. The lowest BCUT2D eigenvalue weighted by molar-refractivity contribution is 0.381. The molecule has 12 heteroatoms. The number of benzene rings is 10. The predicted molar refractivity (Wildman–Crippen MR) is 360 cm³/mol. The molecule has 440 valence electrons. The van der Waals surface area contributed by atoms with E-state index in [1.54, 1.807) is 17.0 Å². The van der Waals surface area contributed by atoms with Crippen molar-refractivity contribution in [1.29, 1.82) is 5.26 Å². The van der Waals surface area contributed by atoms with E-state index in [1.807, 2.05) is 260 Å². The summed E-state index contributed by atoms with van der Waals surface area (Å²) in [5, 5.41) is 15.2. The molecule has 0 amide bonds. The quantitative estimate of drug-likeness (QED) is 0.0732. The average Bonchev–Trinajstić information content (AvgIpc) is 1.61. The minimum absolute atomic E-state index is 0.147. The minimum atomic E-state index is -2.32. The maximum absolute atomic E-state index is 17.1. The summed E-state index contributed by atoms with van der Waals surface area (Å²) in [6.07, 6.45) is 7.14. The van der Waals surface area contributed by atoms with Crippen molar-refractivity contribution in [3.8, 4) is 118 Å². The first-order valence-corrected chi connectivity index (χ1v) is 30.0. The van der Waals surface area contributed by atoms with Crippen molar-refractivity contribution in [1.82, 2.24) is 29.1 Å². The van der Waals surface area contributed by atoms with E-state index in [1.165, 1.54) is 12.1 Å². The van der Waals surface area contributed by atoms with Crippen LogP contribution in [0.4, 0.5) is 22.0 Å². The Kier molecular flexibility index (Phi) is 13.7. The molecule has 16 rings (SSSR count). The van der Waals surface area contributed by atoms with Crippen molar-refractivity contribution < 1.29 is 22.0 Å². The summed E-state index contributed by atoms with van der Waals surface area (Å²) in [7, 11) is 0. The molecule has 10 aromatic carbocycles. The highest BCUT2D eigenvalue weighted by Gasteiger charge is 2.32. The van der Waals surface area contributed by atoms with Gasteiger partial charge in [-0.3, -0.25) is 19.9 Å². The third kappa shape index (κ3) is 9.66. The Balaban J connectivity index is 0.985. The van der Waals surface area contributed by atoms with Crippen LogP contribution in [0.15, 0.2) is 280 Å². The monoisotopic (exact) mass is 1210 g/mol. The van der Waals surface area contributed by atoms with E-state index in [-0.39, 0.29) is 16.9 Å². The number of hydrogen-bond acceptors (Lipinski definition) is 5. The smallest absolute Gasteiger partial charge is 0.200 e. The van der Waals surface area contributed by atoms with Gasteiger partial charge in [0.1, 0.15) is 11.6 Å². The third-order valence-corrected chi connectivity index (χ3v) is 17.4. The SMILES string of the molecule is N#Cc1c(-n2c3cc(-c4ccc(-c5ccccc5)nc4)ccc3c3ccc(-c4ccc(-c5ccccc5)nc4)cc32)ccc(-c2c(F)c(F)c(F)c(F)c2F)c1-n1c2cc(-c3ccc(-c4ccccc4)nc3)ccc2c2ccc(-c3ccc(-c4ccccc4)nc3)cc21. The number of rotatable bonds is 11. The average molecular weight is 1210 g/mol. The lowest BCUT2D eigenvalue weighted by Crippen LogP contribution is -2.10. The van der Waals surface area contributed by atoms with E-state index in [0.717, 1.165) is 89.2 Å². The summed E-state index contributed by atoms with van der Waals surface area (Å²) in [4.78, 5) is 19.4. The zero-order valence-electron chi connectivity index (χ0n) is 49.1. The van der Waals surface area contributed by atoms with Crippen LogP contribution in [0.5, 0.6) is 0 Å². The number of hydrogen-bond donors (Lipinski definition) is 0. The van der Waals surface area contributed by atoms with Gasteiger partial charge in [0, 0.05) is 96.4 Å². The van der Waals surface area contributed by atoms with Crippen molar-refractivity contribution in [3.63, 3.8) is 0 Å². The summed E-state index contributed by atoms with van der Waals surface area (Å²) in [6.45, 7) is 0. The van der Waals surface area contributed by atoms with Crippen molar-refractivity contribution >= 4 is 43.6 Å². The summed E-state index contributed by atoms with van der Waals surface area (Å²) >= 11 is 0. The highest BCUT2D eigenvalue weighted by Crippen LogP contribution is 2.46. The van der Waals surface area contributed by atoms with Gasteiger partial charge in [-0.15, -0.1) is 0 Å². The van der Waals surface area contributed by atoms with Crippen LogP contribution in [0.1, 0.15) is 5.56 Å². The zero-order chi connectivity index (χ0) is 62.8. The molecular weight excluding hydrogens is 1170 g/mol. The van der Waals surface area contributed by atoms with Crippen LogP contribution in [-0.2, 0) is 0 Å². The van der Waals surface area contributed by atoms with Crippen LogP contribution in [0.3, 0.4) is 0 Å². The molecule has 0 fully saturated rings. The van der Waals surface area contributed by atoms with Gasteiger partial charge in [0.15, 0.2) is 23.3 Å². The number of nitriles is 1. The topological polar surface area (TPSA) is 85.2 Å². The number of pyridine rings is 4. The van der Waals surface area contributed by atoms with Gasteiger partial charge in [0.25, 0.3) is 0 Å². The molecule has 0 atom stereocenters. The molecule has 0 aliphatic rings. The summed E-state index contributed by atoms with van der Waals surface area (Å²) in [5.41, 5.74) is 13.3. The summed E-state index contributed by atoms with van der Waals surface area (Å²) in [6, 6.07) is 83.8. The predicted octanol–water partition coefficient (Wildman–Crippen LogP) is 21.0. The molecule has 6 aromatic heterocycles. The van der Waals surface area contributed by atoms with E-state index in [0.29, 0.717) is 44.0 Å². The van der Waals surface area contributed by atoms with Crippen LogP contribution in [0.25, 0.3) is 156 Å². The van der Waals surface area contributed by atoms with Gasteiger partial charge in [-0.1, -0.05) is 194 Å². The molecule has 6 heterocycles. The van der Waals surface area contributed by atoms with E-state index >= 15 is 22.0 Å². The van der Waals surface area contributed by atoms with Crippen molar-refractivity contribution in [3.05, 3.63) is 314 Å². The summed E-state index contributed by atoms with van der Waals surface area (Å²) < 4.78 is 85.1. The first-order valence-electron chi connectivity index (χ1n) is 30.0. The van der Waals surface area contributed by atoms with Crippen LogP contribution in [-0.4, -0.2) is 29.1 Å². The first kappa shape index (κ1) is 55.8. The lowest BCUT2D eigenvalue weighted by Gasteiger charge is -2.21. The summed E-state index contributed by atoms with van der Waals surface area (Å²) in [5.74, 6) is -10.7. The zero-order valence-corrected chi connectivity index (χ0v) is 49.1. The van der Waals surface area contributed by atoms with Gasteiger partial charge in [-0.2, -0.15) is 5.26 Å². The minimum Gasteiger partial charge on any atom is -0.308 e. The van der Waals surface area contributed by atoms with E-state index in [9.17, 15) is 5.26 Å². The number of nitrogens with zero attached hydrogens (tertiary/aromatic N) is 7. The molecule has 16 aromatic rings. The van der Waals surface area contributed by atoms with Crippen LogP contribution < -0.4 is 0 Å². The highest BCUT2D eigenvalue weighted by molar-refractivity contribution is 6.14. The second kappa shape index (κ2) is 22.8. The molecule has 0 spiro atoms. The molecule has 0 unspecified atom stereocenters. The maximum atomic E-state index is 17.1. The molecule has 0 N–H and O–H groups in total. The van der Waals surface area contributed by atoms with Gasteiger partial charge < -0.3 is 9.13 Å². The van der Waals surface area contributed by atoms with Crippen molar-refractivity contribution in [2.45, 2.75) is 0 Å². The highest BCUT2D eigenvalue weighted by atomic mass is 19.2. The van der Waals surface area contributed by atoms with Crippen molar-refractivity contribution in [2.75, 3.05) is 0 Å². The Morgan fingerprint density at radius 3 is 0.860 bits per heavy atom. The molecule has 0 saturated carbocycles. The second-order valence-electron chi connectivity index (χ2n) is 22.7. The third-order valence-electron chi connectivity index (χ3n) is 17.4. The van der Waals surface area contributed by atoms with E-state index < -0.39 is 40.2 Å². The van der Waals surface area contributed by atoms with Gasteiger partial charge in [-0.25, -0.2) is 22.0 Å². The Hall–Kier alpha value is -12.5.